The Labute approximate surface area is 152 Å². The van der Waals surface area contributed by atoms with Crippen LogP contribution < -0.4 is 10.6 Å². The minimum Gasteiger partial charge on any atom is -0.376 e. The standard InChI is InChI=1S/C17H26N6O3/c24-15-6-5-13(16(21-15)14-4-2-8-26-14)20-17(25)22-7-1-3-12(9-22)23-11-18-10-19-23/h10-14,16H,1-9H2,(H,20,25)(H,21,24). The van der Waals surface area contributed by atoms with Crippen LogP contribution in [0.2, 0.25) is 0 Å². The van der Waals surface area contributed by atoms with Gasteiger partial charge in [-0.2, -0.15) is 5.10 Å². The molecule has 3 saturated heterocycles. The maximum Gasteiger partial charge on any atom is 0.317 e. The van der Waals surface area contributed by atoms with Crippen LogP contribution in [-0.2, 0) is 9.53 Å². The number of nitrogens with one attached hydrogen (secondary N) is 2. The zero-order chi connectivity index (χ0) is 17.9. The Balaban J connectivity index is 1.38. The molecule has 2 N–H and O–H groups in total. The monoisotopic (exact) mass is 362 g/mol. The first-order valence-corrected chi connectivity index (χ1v) is 9.51. The predicted octanol–water partition coefficient (Wildman–Crippen LogP) is 0.451. The van der Waals surface area contributed by atoms with Gasteiger partial charge in [-0.1, -0.05) is 0 Å². The van der Waals surface area contributed by atoms with Gasteiger partial charge in [-0.3, -0.25) is 4.79 Å². The summed E-state index contributed by atoms with van der Waals surface area (Å²) in [4.78, 5) is 30.5. The van der Waals surface area contributed by atoms with Crippen LogP contribution in [-0.4, -0.2) is 69.5 Å². The first-order valence-electron chi connectivity index (χ1n) is 9.51. The van der Waals surface area contributed by atoms with Crippen molar-refractivity contribution in [2.45, 2.75) is 62.8 Å². The molecule has 0 aromatic carbocycles. The van der Waals surface area contributed by atoms with Crippen molar-refractivity contribution in [2.24, 2.45) is 0 Å². The fourth-order valence-electron chi connectivity index (χ4n) is 4.24. The van der Waals surface area contributed by atoms with E-state index in [4.69, 9.17) is 4.74 Å². The molecule has 9 nitrogen and oxygen atoms in total. The number of rotatable bonds is 3. The van der Waals surface area contributed by atoms with E-state index in [0.717, 1.165) is 38.8 Å². The van der Waals surface area contributed by atoms with Crippen molar-refractivity contribution in [1.82, 2.24) is 30.3 Å². The number of piperidine rings is 2. The highest BCUT2D eigenvalue weighted by Gasteiger charge is 2.38. The molecule has 3 amide bonds. The molecular weight excluding hydrogens is 336 g/mol. The van der Waals surface area contributed by atoms with Crippen LogP contribution in [0, 0.1) is 0 Å². The van der Waals surface area contributed by atoms with E-state index < -0.39 is 0 Å². The van der Waals surface area contributed by atoms with E-state index in [1.807, 2.05) is 9.58 Å². The second-order valence-corrected chi connectivity index (χ2v) is 7.36. The minimum absolute atomic E-state index is 0.00574. The molecule has 4 heterocycles. The molecular formula is C17H26N6O3. The van der Waals surface area contributed by atoms with Gasteiger partial charge in [-0.05, 0) is 32.1 Å². The summed E-state index contributed by atoms with van der Waals surface area (Å²) in [7, 11) is 0. The van der Waals surface area contributed by atoms with E-state index in [9.17, 15) is 9.59 Å². The summed E-state index contributed by atoms with van der Waals surface area (Å²) in [6.45, 7) is 2.09. The average Bonchev–Trinajstić information content (AvgIpc) is 3.37. The van der Waals surface area contributed by atoms with Gasteiger partial charge in [0.05, 0.1) is 24.2 Å². The molecule has 4 unspecified atom stereocenters. The maximum atomic E-state index is 12.8. The molecule has 9 heteroatoms. The summed E-state index contributed by atoms with van der Waals surface area (Å²) in [5, 5.41) is 10.4. The Kier molecular flexibility index (Phi) is 5.05. The molecule has 4 rings (SSSR count). The number of aromatic nitrogens is 3. The molecule has 0 bridgehead atoms. The van der Waals surface area contributed by atoms with Gasteiger partial charge in [0.15, 0.2) is 0 Å². The molecule has 3 fully saturated rings. The van der Waals surface area contributed by atoms with Gasteiger partial charge in [0.25, 0.3) is 0 Å². The highest BCUT2D eigenvalue weighted by Crippen LogP contribution is 2.24. The maximum absolute atomic E-state index is 12.8. The van der Waals surface area contributed by atoms with Crippen molar-refractivity contribution in [3.63, 3.8) is 0 Å². The summed E-state index contributed by atoms with van der Waals surface area (Å²) in [5.41, 5.74) is 0. The fourth-order valence-corrected chi connectivity index (χ4v) is 4.24. The van der Waals surface area contributed by atoms with Gasteiger partial charge >= 0.3 is 6.03 Å². The number of hydrogen-bond donors (Lipinski definition) is 2. The SMILES string of the molecule is O=C1CCC(NC(=O)N2CCCC(n3cncn3)C2)C(C2CCCO2)N1. The Hall–Kier alpha value is -2.16. The first kappa shape index (κ1) is 17.3. The summed E-state index contributed by atoms with van der Waals surface area (Å²) in [6.07, 6.45) is 8.18. The first-order chi connectivity index (χ1) is 12.7. The molecule has 26 heavy (non-hydrogen) atoms. The smallest absolute Gasteiger partial charge is 0.317 e. The van der Waals surface area contributed by atoms with Gasteiger partial charge in [-0.15, -0.1) is 0 Å². The molecule has 3 aliphatic heterocycles. The Morgan fingerprint density at radius 1 is 1.31 bits per heavy atom. The van der Waals surface area contributed by atoms with E-state index >= 15 is 0 Å². The zero-order valence-corrected chi connectivity index (χ0v) is 14.8. The van der Waals surface area contributed by atoms with Crippen molar-refractivity contribution >= 4 is 11.9 Å². The Morgan fingerprint density at radius 3 is 3.00 bits per heavy atom. The van der Waals surface area contributed by atoms with E-state index in [-0.39, 0.29) is 36.2 Å². The average molecular weight is 362 g/mol. The summed E-state index contributed by atoms with van der Waals surface area (Å²) >= 11 is 0. The lowest BCUT2D eigenvalue weighted by atomic mass is 9.92. The topological polar surface area (TPSA) is 101 Å². The van der Waals surface area contributed by atoms with Crippen LogP contribution in [0.4, 0.5) is 4.79 Å². The lowest BCUT2D eigenvalue weighted by Crippen LogP contribution is -2.62. The van der Waals surface area contributed by atoms with E-state index in [2.05, 4.69) is 20.7 Å². The number of hydrogen-bond acceptors (Lipinski definition) is 5. The molecule has 1 aromatic rings. The Morgan fingerprint density at radius 2 is 2.23 bits per heavy atom. The van der Waals surface area contributed by atoms with E-state index in [0.29, 0.717) is 19.4 Å². The van der Waals surface area contributed by atoms with Crippen LogP contribution in [0.1, 0.15) is 44.6 Å². The number of ether oxygens (including phenoxy) is 1. The normalized spacial score (nSPS) is 32.3. The molecule has 4 atom stereocenters. The van der Waals surface area contributed by atoms with Gasteiger partial charge in [-0.25, -0.2) is 14.5 Å². The fraction of sp³-hybridized carbons (Fsp3) is 0.765. The number of carbonyl (C=O) groups is 2. The largest absolute Gasteiger partial charge is 0.376 e. The molecule has 0 spiro atoms. The molecule has 0 saturated carbocycles. The van der Waals surface area contributed by atoms with Crippen molar-refractivity contribution in [1.29, 1.82) is 0 Å². The summed E-state index contributed by atoms with van der Waals surface area (Å²) in [5.74, 6) is 0.0419. The van der Waals surface area contributed by atoms with E-state index in [1.54, 1.807) is 6.33 Å². The third kappa shape index (κ3) is 3.67. The van der Waals surface area contributed by atoms with E-state index in [1.165, 1.54) is 6.33 Å². The lowest BCUT2D eigenvalue weighted by Gasteiger charge is -2.38. The zero-order valence-electron chi connectivity index (χ0n) is 14.8. The quantitative estimate of drug-likeness (QED) is 0.813. The van der Waals surface area contributed by atoms with Crippen molar-refractivity contribution in [3.8, 4) is 0 Å². The number of carbonyl (C=O) groups excluding carboxylic acids is 2. The molecule has 1 aromatic heterocycles. The van der Waals surface area contributed by atoms with Crippen LogP contribution >= 0.6 is 0 Å². The lowest BCUT2D eigenvalue weighted by molar-refractivity contribution is -0.125. The molecule has 0 aliphatic carbocycles. The van der Waals surface area contributed by atoms with Crippen molar-refractivity contribution in [2.75, 3.05) is 19.7 Å². The van der Waals surface area contributed by atoms with Crippen molar-refractivity contribution < 1.29 is 14.3 Å². The van der Waals surface area contributed by atoms with Crippen molar-refractivity contribution in [3.05, 3.63) is 12.7 Å². The number of urea groups is 1. The van der Waals surface area contributed by atoms with Gasteiger partial charge in [0.1, 0.15) is 12.7 Å². The number of nitrogens with zero attached hydrogens (tertiary/aromatic N) is 4. The second-order valence-electron chi connectivity index (χ2n) is 7.36. The second kappa shape index (κ2) is 7.61. The molecule has 3 aliphatic rings. The number of amides is 3. The highest BCUT2D eigenvalue weighted by atomic mass is 16.5. The van der Waals surface area contributed by atoms with Crippen LogP contribution in [0.15, 0.2) is 12.7 Å². The summed E-state index contributed by atoms with van der Waals surface area (Å²) in [6, 6.07) is -0.135. The highest BCUT2D eigenvalue weighted by molar-refractivity contribution is 5.79. The van der Waals surface area contributed by atoms with Crippen LogP contribution in [0.5, 0.6) is 0 Å². The predicted molar refractivity (Wildman–Crippen MR) is 92.3 cm³/mol. The van der Waals surface area contributed by atoms with Gasteiger partial charge in [0.2, 0.25) is 5.91 Å². The van der Waals surface area contributed by atoms with Gasteiger partial charge in [0, 0.05) is 26.1 Å². The molecule has 142 valence electrons. The van der Waals surface area contributed by atoms with Crippen LogP contribution in [0.3, 0.4) is 0 Å². The van der Waals surface area contributed by atoms with Crippen LogP contribution in [0.25, 0.3) is 0 Å². The molecule has 0 radical (unpaired) electrons. The number of likely N-dealkylation sites (tertiary alicyclic amines) is 1. The summed E-state index contributed by atoms with van der Waals surface area (Å²) < 4.78 is 7.59. The minimum atomic E-state index is -0.140. The Bertz CT molecular complexity index is 630. The van der Waals surface area contributed by atoms with Gasteiger partial charge < -0.3 is 20.3 Å². The third-order valence-corrected chi connectivity index (χ3v) is 5.61. The third-order valence-electron chi connectivity index (χ3n) is 5.61.